The summed E-state index contributed by atoms with van der Waals surface area (Å²) in [5, 5.41) is 9.49. The number of rotatable bonds is 6. The number of nitrogens with one attached hydrogen (secondary N) is 2. The number of nitrogens with zero attached hydrogens (tertiary/aromatic N) is 2. The Morgan fingerprint density at radius 3 is 2.75 bits per heavy atom. The smallest absolute Gasteiger partial charge is 0.246 e. The average Bonchev–Trinajstić information content (AvgIpc) is 2.87. The van der Waals surface area contributed by atoms with E-state index in [1.54, 1.807) is 13.8 Å². The highest BCUT2D eigenvalue weighted by molar-refractivity contribution is 7.89. The molecule has 1 aromatic heterocycles. The van der Waals surface area contributed by atoms with Crippen molar-refractivity contribution in [3.05, 3.63) is 11.4 Å². The van der Waals surface area contributed by atoms with Gasteiger partial charge in [-0.05, 0) is 39.7 Å². The predicted molar refractivity (Wildman–Crippen MR) is 93.5 cm³/mol. The fourth-order valence-electron chi connectivity index (χ4n) is 2.88. The standard InChI is InChI=1S/C14H25N5O3S.ClH/c1-10-13(11(2)18-17-10)23(21,22)19-8-3-5-12(9-19)14(20)16-7-4-6-15;/h12H,3-9,15H2,1-2H3,(H,16,20)(H,17,18);1H. The van der Waals surface area contributed by atoms with Crippen LogP contribution in [-0.4, -0.2) is 55.0 Å². The third-order valence-corrected chi connectivity index (χ3v) is 6.22. The van der Waals surface area contributed by atoms with Gasteiger partial charge in [-0.15, -0.1) is 12.4 Å². The first-order valence-electron chi connectivity index (χ1n) is 7.87. The molecular formula is C14H26ClN5O3S. The maximum absolute atomic E-state index is 12.8. The minimum Gasteiger partial charge on any atom is -0.356 e. The SMILES string of the molecule is Cc1n[nH]c(C)c1S(=O)(=O)N1CCCC(C(=O)NCCCN)C1.Cl. The zero-order valence-electron chi connectivity index (χ0n) is 14.0. The van der Waals surface area contributed by atoms with E-state index in [0.29, 0.717) is 50.3 Å². The molecular weight excluding hydrogens is 354 g/mol. The second kappa shape index (κ2) is 8.80. The van der Waals surface area contributed by atoms with Gasteiger partial charge < -0.3 is 11.1 Å². The number of hydrogen-bond donors (Lipinski definition) is 3. The van der Waals surface area contributed by atoms with E-state index >= 15 is 0 Å². The lowest BCUT2D eigenvalue weighted by Gasteiger charge is -2.31. The van der Waals surface area contributed by atoms with Crippen LogP contribution in [0.2, 0.25) is 0 Å². The van der Waals surface area contributed by atoms with Gasteiger partial charge in [0.25, 0.3) is 0 Å². The number of carbonyl (C=O) groups is 1. The van der Waals surface area contributed by atoms with Crippen LogP contribution < -0.4 is 11.1 Å². The van der Waals surface area contributed by atoms with Gasteiger partial charge in [0.1, 0.15) is 4.90 Å². The minimum absolute atomic E-state index is 0. The molecule has 1 unspecified atom stereocenters. The second-order valence-electron chi connectivity index (χ2n) is 5.90. The lowest BCUT2D eigenvalue weighted by atomic mass is 9.99. The molecule has 0 aromatic carbocycles. The highest BCUT2D eigenvalue weighted by Gasteiger charge is 2.35. The number of aromatic amines is 1. The van der Waals surface area contributed by atoms with Crippen molar-refractivity contribution < 1.29 is 13.2 Å². The van der Waals surface area contributed by atoms with Crippen molar-refractivity contribution in [2.75, 3.05) is 26.2 Å². The second-order valence-corrected chi connectivity index (χ2v) is 7.77. The zero-order chi connectivity index (χ0) is 17.0. The van der Waals surface area contributed by atoms with E-state index in [1.807, 2.05) is 0 Å². The monoisotopic (exact) mass is 379 g/mol. The highest BCUT2D eigenvalue weighted by Crippen LogP contribution is 2.26. The molecule has 2 heterocycles. The third kappa shape index (κ3) is 4.47. The van der Waals surface area contributed by atoms with E-state index in [-0.39, 0.29) is 35.7 Å². The summed E-state index contributed by atoms with van der Waals surface area (Å²) in [5.41, 5.74) is 6.39. The Labute approximate surface area is 149 Å². The van der Waals surface area contributed by atoms with Crippen molar-refractivity contribution in [2.24, 2.45) is 11.7 Å². The Kier molecular flexibility index (Phi) is 7.65. The molecule has 0 aliphatic carbocycles. The van der Waals surface area contributed by atoms with Crippen molar-refractivity contribution in [3.63, 3.8) is 0 Å². The Morgan fingerprint density at radius 2 is 2.17 bits per heavy atom. The van der Waals surface area contributed by atoms with Crippen molar-refractivity contribution in [1.29, 1.82) is 0 Å². The molecule has 1 aromatic rings. The molecule has 1 fully saturated rings. The number of amides is 1. The molecule has 0 bridgehead atoms. The van der Waals surface area contributed by atoms with Gasteiger partial charge in [-0.25, -0.2) is 8.42 Å². The van der Waals surface area contributed by atoms with Crippen LogP contribution in [0.3, 0.4) is 0 Å². The number of nitrogens with two attached hydrogens (primary N) is 1. The first-order valence-corrected chi connectivity index (χ1v) is 9.31. The summed E-state index contributed by atoms with van der Waals surface area (Å²) in [6, 6.07) is 0. The van der Waals surface area contributed by atoms with Gasteiger partial charge >= 0.3 is 0 Å². The van der Waals surface area contributed by atoms with Crippen molar-refractivity contribution >= 4 is 28.3 Å². The summed E-state index contributed by atoms with van der Waals surface area (Å²) in [4.78, 5) is 12.4. The number of H-pyrrole nitrogens is 1. The summed E-state index contributed by atoms with van der Waals surface area (Å²) in [5.74, 6) is -0.414. The number of aromatic nitrogens is 2. The molecule has 138 valence electrons. The van der Waals surface area contributed by atoms with E-state index in [4.69, 9.17) is 5.73 Å². The molecule has 10 heteroatoms. The average molecular weight is 380 g/mol. The van der Waals surface area contributed by atoms with E-state index < -0.39 is 10.0 Å². The molecule has 1 saturated heterocycles. The molecule has 2 rings (SSSR count). The summed E-state index contributed by atoms with van der Waals surface area (Å²) < 4.78 is 27.1. The number of halogens is 1. The molecule has 24 heavy (non-hydrogen) atoms. The molecule has 0 radical (unpaired) electrons. The zero-order valence-corrected chi connectivity index (χ0v) is 15.7. The largest absolute Gasteiger partial charge is 0.356 e. The third-order valence-electron chi connectivity index (χ3n) is 4.09. The first-order chi connectivity index (χ1) is 10.9. The van der Waals surface area contributed by atoms with Crippen LogP contribution in [0, 0.1) is 19.8 Å². The van der Waals surface area contributed by atoms with Crippen molar-refractivity contribution in [3.8, 4) is 0 Å². The van der Waals surface area contributed by atoms with Crippen LogP contribution in [0.4, 0.5) is 0 Å². The molecule has 1 aliphatic rings. The topological polar surface area (TPSA) is 121 Å². The molecule has 1 amide bonds. The highest BCUT2D eigenvalue weighted by atomic mass is 35.5. The lowest BCUT2D eigenvalue weighted by molar-refractivity contribution is -0.126. The number of sulfonamides is 1. The summed E-state index contributed by atoms with van der Waals surface area (Å²) in [6.45, 7) is 5.04. The quantitative estimate of drug-likeness (QED) is 0.614. The van der Waals surface area contributed by atoms with Crippen LogP contribution in [-0.2, 0) is 14.8 Å². The van der Waals surface area contributed by atoms with E-state index in [2.05, 4.69) is 15.5 Å². The van der Waals surface area contributed by atoms with Crippen LogP contribution in [0.5, 0.6) is 0 Å². The maximum atomic E-state index is 12.8. The van der Waals surface area contributed by atoms with Crippen LogP contribution >= 0.6 is 12.4 Å². The number of piperidine rings is 1. The molecule has 0 spiro atoms. The fraction of sp³-hybridized carbons (Fsp3) is 0.714. The summed E-state index contributed by atoms with van der Waals surface area (Å²) >= 11 is 0. The van der Waals surface area contributed by atoms with Gasteiger partial charge in [0.05, 0.1) is 17.3 Å². The maximum Gasteiger partial charge on any atom is 0.246 e. The molecule has 0 saturated carbocycles. The number of carbonyl (C=O) groups excluding carboxylic acids is 1. The van der Waals surface area contributed by atoms with E-state index in [0.717, 1.165) is 0 Å². The number of aryl methyl sites for hydroxylation is 2. The molecule has 4 N–H and O–H groups in total. The Balaban J connectivity index is 0.00000288. The normalized spacial score (nSPS) is 18.9. The molecule has 1 atom stereocenters. The Bertz CT molecular complexity index is 642. The molecule has 1 aliphatic heterocycles. The van der Waals surface area contributed by atoms with E-state index in [9.17, 15) is 13.2 Å². The summed E-state index contributed by atoms with van der Waals surface area (Å²) in [7, 11) is -3.63. The Morgan fingerprint density at radius 1 is 1.46 bits per heavy atom. The first kappa shape index (κ1) is 20.9. The molecule has 8 nitrogen and oxygen atoms in total. The van der Waals surface area contributed by atoms with Gasteiger partial charge in [0.2, 0.25) is 15.9 Å². The van der Waals surface area contributed by atoms with Crippen molar-refractivity contribution in [1.82, 2.24) is 19.8 Å². The van der Waals surface area contributed by atoms with Crippen molar-refractivity contribution in [2.45, 2.75) is 38.0 Å². The lowest BCUT2D eigenvalue weighted by Crippen LogP contribution is -2.45. The predicted octanol–water partition coefficient (Wildman–Crippen LogP) is 0.314. The fourth-order valence-corrected chi connectivity index (χ4v) is 4.74. The minimum atomic E-state index is -3.63. The van der Waals surface area contributed by atoms with Gasteiger partial charge in [-0.2, -0.15) is 9.40 Å². The van der Waals surface area contributed by atoms with Crippen LogP contribution in [0.25, 0.3) is 0 Å². The van der Waals surface area contributed by atoms with Crippen LogP contribution in [0.15, 0.2) is 4.90 Å². The van der Waals surface area contributed by atoms with Gasteiger partial charge in [0.15, 0.2) is 0 Å². The van der Waals surface area contributed by atoms with E-state index in [1.165, 1.54) is 4.31 Å². The Hall–Kier alpha value is -1.16. The van der Waals surface area contributed by atoms with Gasteiger partial charge in [-0.1, -0.05) is 0 Å². The summed E-state index contributed by atoms with van der Waals surface area (Å²) in [6.07, 6.45) is 2.09. The van der Waals surface area contributed by atoms with Gasteiger partial charge in [-0.3, -0.25) is 9.89 Å². The van der Waals surface area contributed by atoms with Gasteiger partial charge in [0, 0.05) is 19.6 Å². The number of hydrogen-bond acceptors (Lipinski definition) is 5. The van der Waals surface area contributed by atoms with Crippen LogP contribution in [0.1, 0.15) is 30.7 Å².